The van der Waals surface area contributed by atoms with Gasteiger partial charge in [-0.3, -0.25) is 0 Å². The molecule has 0 radical (unpaired) electrons. The molecule has 0 amide bonds. The third-order valence-electron chi connectivity index (χ3n) is 1.71. The average Bonchev–Trinajstić information content (AvgIpc) is 2.47. The molecule has 1 aromatic heterocycles. The Morgan fingerprint density at radius 3 is 2.93 bits per heavy atom. The first-order chi connectivity index (χ1) is 6.58. The molecule has 2 rings (SSSR count). The van der Waals surface area contributed by atoms with Crippen LogP contribution in [-0.4, -0.2) is 21.0 Å². The van der Waals surface area contributed by atoms with E-state index < -0.39 is 11.8 Å². The Hall–Kier alpha value is -1.62. The highest BCUT2D eigenvalue weighted by Gasteiger charge is 2.12. The van der Waals surface area contributed by atoms with Crippen molar-refractivity contribution in [1.29, 1.82) is 0 Å². The van der Waals surface area contributed by atoms with Crippen LogP contribution in [0.25, 0.3) is 11.0 Å². The number of hydrogen-bond donors (Lipinski definition) is 2. The number of aromatic carboxylic acids is 1. The van der Waals surface area contributed by atoms with Crippen LogP contribution in [0.3, 0.4) is 0 Å². The summed E-state index contributed by atoms with van der Waals surface area (Å²) >= 11 is 5.58. The molecule has 0 aliphatic rings. The van der Waals surface area contributed by atoms with Gasteiger partial charge in [-0.25, -0.2) is 14.2 Å². The number of nitrogens with zero attached hydrogens (tertiary/aromatic N) is 1. The number of H-pyrrole nitrogens is 1. The second kappa shape index (κ2) is 2.95. The molecular weight excluding hydrogens is 211 g/mol. The summed E-state index contributed by atoms with van der Waals surface area (Å²) in [6, 6.07) is 2.50. The molecule has 1 aromatic carbocycles. The van der Waals surface area contributed by atoms with Gasteiger partial charge in [0.15, 0.2) is 5.82 Å². The number of halogens is 2. The zero-order valence-electron chi connectivity index (χ0n) is 6.71. The number of fused-ring (bicyclic) bond motifs is 1. The fourth-order valence-corrected chi connectivity index (χ4v) is 1.35. The molecule has 4 nitrogen and oxygen atoms in total. The van der Waals surface area contributed by atoms with Crippen molar-refractivity contribution in [3.05, 3.63) is 28.8 Å². The van der Waals surface area contributed by atoms with Crippen LogP contribution in [0.15, 0.2) is 12.1 Å². The van der Waals surface area contributed by atoms with E-state index in [0.29, 0.717) is 0 Å². The van der Waals surface area contributed by atoms with Gasteiger partial charge in [-0.15, -0.1) is 0 Å². The number of rotatable bonds is 1. The van der Waals surface area contributed by atoms with Gasteiger partial charge in [-0.1, -0.05) is 11.6 Å². The quantitative estimate of drug-likeness (QED) is 0.764. The predicted molar refractivity (Wildman–Crippen MR) is 48.0 cm³/mol. The fourth-order valence-electron chi connectivity index (χ4n) is 1.14. The second-order valence-corrected chi connectivity index (χ2v) is 3.11. The Balaban J connectivity index is 2.76. The number of carbonyl (C=O) groups is 1. The van der Waals surface area contributed by atoms with Crippen LogP contribution >= 0.6 is 11.6 Å². The molecule has 0 aliphatic carbocycles. The van der Waals surface area contributed by atoms with Crippen molar-refractivity contribution in [1.82, 2.24) is 9.97 Å². The van der Waals surface area contributed by atoms with Gasteiger partial charge in [-0.05, 0) is 12.1 Å². The molecule has 0 fully saturated rings. The second-order valence-electron chi connectivity index (χ2n) is 2.67. The lowest BCUT2D eigenvalue weighted by Gasteiger charge is -1.91. The van der Waals surface area contributed by atoms with Crippen molar-refractivity contribution in [2.24, 2.45) is 0 Å². The molecule has 1 heterocycles. The van der Waals surface area contributed by atoms with Gasteiger partial charge in [0, 0.05) is 5.02 Å². The van der Waals surface area contributed by atoms with Crippen molar-refractivity contribution in [2.45, 2.75) is 0 Å². The topological polar surface area (TPSA) is 66.0 Å². The molecule has 2 N–H and O–H groups in total. The number of carboxylic acids is 1. The Kier molecular flexibility index (Phi) is 1.89. The molecule has 14 heavy (non-hydrogen) atoms. The average molecular weight is 215 g/mol. The first-order valence-electron chi connectivity index (χ1n) is 3.66. The molecule has 0 saturated heterocycles. The Morgan fingerprint density at radius 2 is 2.29 bits per heavy atom. The highest BCUT2D eigenvalue weighted by Crippen LogP contribution is 2.20. The van der Waals surface area contributed by atoms with Gasteiger partial charge in [0.2, 0.25) is 5.82 Å². The summed E-state index contributed by atoms with van der Waals surface area (Å²) in [4.78, 5) is 16.5. The van der Waals surface area contributed by atoms with Crippen LogP contribution in [0.4, 0.5) is 4.39 Å². The first-order valence-corrected chi connectivity index (χ1v) is 4.04. The molecule has 72 valence electrons. The summed E-state index contributed by atoms with van der Waals surface area (Å²) < 4.78 is 13.2. The monoisotopic (exact) mass is 214 g/mol. The number of benzene rings is 1. The summed E-state index contributed by atoms with van der Waals surface area (Å²) in [5.74, 6) is -2.19. The minimum atomic E-state index is -1.24. The standard InChI is InChI=1S/C8H4ClFN2O2/c9-3-1-4(10)6-5(2-3)11-7(12-6)8(13)14/h1-2H,(H,11,12)(H,13,14). The maximum absolute atomic E-state index is 13.2. The van der Waals surface area contributed by atoms with Gasteiger partial charge < -0.3 is 10.1 Å². The molecule has 2 aromatic rings. The maximum atomic E-state index is 13.2. The van der Waals surface area contributed by atoms with E-state index in [1.807, 2.05) is 0 Å². The highest BCUT2D eigenvalue weighted by atomic mass is 35.5. The lowest BCUT2D eigenvalue weighted by Crippen LogP contribution is -1.97. The van der Waals surface area contributed by atoms with E-state index in [0.717, 1.165) is 6.07 Å². The summed E-state index contributed by atoms with van der Waals surface area (Å²) in [6.45, 7) is 0. The predicted octanol–water partition coefficient (Wildman–Crippen LogP) is 2.05. The van der Waals surface area contributed by atoms with Crippen molar-refractivity contribution in [2.75, 3.05) is 0 Å². The number of imidazole rings is 1. The molecule has 0 unspecified atom stereocenters. The van der Waals surface area contributed by atoms with E-state index in [1.54, 1.807) is 0 Å². The molecule has 0 spiro atoms. The molecule has 0 atom stereocenters. The van der Waals surface area contributed by atoms with Gasteiger partial charge >= 0.3 is 5.97 Å². The van der Waals surface area contributed by atoms with Crippen molar-refractivity contribution < 1.29 is 14.3 Å². The summed E-state index contributed by atoms with van der Waals surface area (Å²) in [7, 11) is 0. The molecule has 0 bridgehead atoms. The third kappa shape index (κ3) is 1.31. The lowest BCUT2D eigenvalue weighted by molar-refractivity contribution is 0.0685. The number of carboxylic acid groups (broad SMARTS) is 1. The van der Waals surface area contributed by atoms with Crippen molar-refractivity contribution in [3.8, 4) is 0 Å². The van der Waals surface area contributed by atoms with Gasteiger partial charge in [0.05, 0.1) is 5.52 Å². The van der Waals surface area contributed by atoms with Crippen LogP contribution in [0, 0.1) is 5.82 Å². The van der Waals surface area contributed by atoms with E-state index in [1.165, 1.54) is 6.07 Å². The number of nitrogens with one attached hydrogen (secondary N) is 1. The normalized spacial score (nSPS) is 10.7. The van der Waals surface area contributed by atoms with E-state index in [-0.39, 0.29) is 21.9 Å². The smallest absolute Gasteiger partial charge is 0.371 e. The van der Waals surface area contributed by atoms with Gasteiger partial charge in [-0.2, -0.15) is 0 Å². The Bertz CT molecular complexity index is 523. The zero-order chi connectivity index (χ0) is 10.3. The minimum Gasteiger partial charge on any atom is -0.475 e. The molecule has 0 aliphatic heterocycles. The van der Waals surface area contributed by atoms with Crippen LogP contribution in [0.1, 0.15) is 10.6 Å². The van der Waals surface area contributed by atoms with E-state index in [2.05, 4.69) is 9.97 Å². The van der Waals surface area contributed by atoms with Crippen LogP contribution in [-0.2, 0) is 0 Å². The highest BCUT2D eigenvalue weighted by molar-refractivity contribution is 6.31. The van der Waals surface area contributed by atoms with E-state index in [4.69, 9.17) is 16.7 Å². The number of aromatic nitrogens is 2. The lowest BCUT2D eigenvalue weighted by atomic mass is 10.3. The van der Waals surface area contributed by atoms with Crippen LogP contribution in [0.2, 0.25) is 5.02 Å². The van der Waals surface area contributed by atoms with Crippen molar-refractivity contribution in [3.63, 3.8) is 0 Å². The Labute approximate surface area is 82.3 Å². The minimum absolute atomic E-state index is 0.0215. The van der Waals surface area contributed by atoms with Crippen LogP contribution in [0.5, 0.6) is 0 Å². The summed E-state index contributed by atoms with van der Waals surface area (Å²) in [5.41, 5.74) is 0.249. The third-order valence-corrected chi connectivity index (χ3v) is 1.93. The summed E-state index contributed by atoms with van der Waals surface area (Å²) in [5, 5.41) is 8.79. The SMILES string of the molecule is O=C(O)c1nc2c(F)cc(Cl)cc2[nH]1. The van der Waals surface area contributed by atoms with Crippen LogP contribution < -0.4 is 0 Å². The van der Waals surface area contributed by atoms with E-state index in [9.17, 15) is 9.18 Å². The number of hydrogen-bond acceptors (Lipinski definition) is 2. The number of aromatic amines is 1. The summed E-state index contributed by atoms with van der Waals surface area (Å²) in [6.07, 6.45) is 0. The van der Waals surface area contributed by atoms with E-state index >= 15 is 0 Å². The largest absolute Gasteiger partial charge is 0.475 e. The Morgan fingerprint density at radius 1 is 1.57 bits per heavy atom. The van der Waals surface area contributed by atoms with Gasteiger partial charge in [0.25, 0.3) is 0 Å². The van der Waals surface area contributed by atoms with Gasteiger partial charge in [0.1, 0.15) is 5.52 Å². The molecule has 0 saturated carbocycles. The first kappa shape index (κ1) is 8.96. The zero-order valence-corrected chi connectivity index (χ0v) is 7.47. The molecular formula is C8H4ClFN2O2. The molecule has 6 heteroatoms. The fraction of sp³-hybridized carbons (Fsp3) is 0. The maximum Gasteiger partial charge on any atom is 0.371 e. The van der Waals surface area contributed by atoms with Crippen molar-refractivity contribution >= 4 is 28.6 Å².